The van der Waals surface area contributed by atoms with E-state index in [1.165, 1.54) is 0 Å². The summed E-state index contributed by atoms with van der Waals surface area (Å²) in [4.78, 5) is 10.1. The first-order chi connectivity index (χ1) is 5.29. The second kappa shape index (κ2) is 3.56. The number of hydrogen-bond donors (Lipinski definition) is 1. The van der Waals surface area contributed by atoms with Crippen molar-refractivity contribution in [3.05, 3.63) is 42.0 Å². The van der Waals surface area contributed by atoms with Gasteiger partial charge in [-0.2, -0.15) is 0 Å². The Balaban J connectivity index is 2.72. The minimum Gasteiger partial charge on any atom is -0.478 e. The second-order valence-corrected chi connectivity index (χ2v) is 2.08. The highest BCUT2D eigenvalue weighted by Gasteiger charge is 1.85. The number of aliphatic carboxylic acids is 1. The molecule has 2 nitrogen and oxygen atoms in total. The Bertz CT molecular complexity index is 262. The van der Waals surface area contributed by atoms with E-state index >= 15 is 0 Å². The first kappa shape index (κ1) is 7.54. The Hall–Kier alpha value is -1.57. The van der Waals surface area contributed by atoms with Crippen molar-refractivity contribution < 1.29 is 9.90 Å². The molecule has 0 amide bonds. The number of carboxylic acid groups (broad SMARTS) is 1. The fraction of sp³-hybridized carbons (Fsp3) is 0. The molecule has 0 bridgehead atoms. The van der Waals surface area contributed by atoms with E-state index in [2.05, 4.69) is 0 Å². The fourth-order valence-electron chi connectivity index (χ4n) is 0.732. The van der Waals surface area contributed by atoms with Crippen LogP contribution < -0.4 is 0 Å². The van der Waals surface area contributed by atoms with Crippen LogP contribution in [0.5, 0.6) is 0 Å². The molecule has 56 valence electrons. The van der Waals surface area contributed by atoms with Gasteiger partial charge in [-0.15, -0.1) is 0 Å². The lowest BCUT2D eigenvalue weighted by atomic mass is 10.2. The van der Waals surface area contributed by atoms with E-state index in [-0.39, 0.29) is 0 Å². The molecule has 0 unspecified atom stereocenters. The maximum absolute atomic E-state index is 10.1. The van der Waals surface area contributed by atoms with Crippen molar-refractivity contribution in [2.75, 3.05) is 0 Å². The van der Waals surface area contributed by atoms with Gasteiger partial charge >= 0.3 is 5.97 Å². The maximum Gasteiger partial charge on any atom is 0.328 e. The number of benzene rings is 1. The average Bonchev–Trinajstić information content (AvgIpc) is 2.03. The van der Waals surface area contributed by atoms with Crippen molar-refractivity contribution in [3.8, 4) is 0 Å². The Morgan fingerprint density at radius 1 is 1.27 bits per heavy atom. The van der Waals surface area contributed by atoms with Crippen LogP contribution in [0.25, 0.3) is 6.08 Å². The van der Waals surface area contributed by atoms with Crippen molar-refractivity contribution in [1.29, 1.82) is 0 Å². The highest BCUT2D eigenvalue weighted by atomic mass is 16.4. The molecule has 0 aliphatic rings. The van der Waals surface area contributed by atoms with Gasteiger partial charge in [0.15, 0.2) is 0 Å². The largest absolute Gasteiger partial charge is 0.478 e. The molecule has 0 aromatic heterocycles. The van der Waals surface area contributed by atoms with Gasteiger partial charge in [0, 0.05) is 6.08 Å². The fourth-order valence-corrected chi connectivity index (χ4v) is 0.732. The van der Waals surface area contributed by atoms with Crippen molar-refractivity contribution in [3.63, 3.8) is 0 Å². The third kappa shape index (κ3) is 2.67. The van der Waals surface area contributed by atoms with E-state index in [4.69, 9.17) is 5.11 Å². The SMILES string of the molecule is O=C(O)/C=C\c1ccccc1. The molecule has 0 radical (unpaired) electrons. The lowest BCUT2D eigenvalue weighted by Gasteiger charge is -1.87. The van der Waals surface area contributed by atoms with Gasteiger partial charge in [0.1, 0.15) is 0 Å². The first-order valence-electron chi connectivity index (χ1n) is 3.25. The lowest BCUT2D eigenvalue weighted by molar-refractivity contribution is -0.131. The highest BCUT2D eigenvalue weighted by Crippen LogP contribution is 1.99. The molecule has 2 heteroatoms. The van der Waals surface area contributed by atoms with Gasteiger partial charge in [0.05, 0.1) is 0 Å². The van der Waals surface area contributed by atoms with E-state index in [0.717, 1.165) is 11.6 Å². The summed E-state index contributed by atoms with van der Waals surface area (Å²) in [7, 11) is 0. The summed E-state index contributed by atoms with van der Waals surface area (Å²) in [6, 6.07) is 9.31. The van der Waals surface area contributed by atoms with Crippen molar-refractivity contribution in [1.82, 2.24) is 0 Å². The molecule has 0 aliphatic carbocycles. The molecule has 1 N–H and O–H groups in total. The third-order valence-corrected chi connectivity index (χ3v) is 1.22. The average molecular weight is 148 g/mol. The van der Waals surface area contributed by atoms with Crippen molar-refractivity contribution >= 4 is 12.0 Å². The standard InChI is InChI=1S/C9H8O2/c10-9(11)7-6-8-4-2-1-3-5-8/h1-7H,(H,10,11)/b7-6-. The first-order valence-corrected chi connectivity index (χ1v) is 3.25. The molecule has 11 heavy (non-hydrogen) atoms. The van der Waals surface area contributed by atoms with E-state index in [1.54, 1.807) is 6.08 Å². The minimum absolute atomic E-state index is 0.898. The highest BCUT2D eigenvalue weighted by molar-refractivity contribution is 5.85. The summed E-state index contributed by atoms with van der Waals surface area (Å²) in [5.74, 6) is -0.922. The van der Waals surface area contributed by atoms with Gasteiger partial charge in [-0.05, 0) is 11.6 Å². The third-order valence-electron chi connectivity index (χ3n) is 1.22. The predicted molar refractivity (Wildman–Crippen MR) is 43.1 cm³/mol. The molecule has 0 saturated heterocycles. The van der Waals surface area contributed by atoms with Crippen molar-refractivity contribution in [2.45, 2.75) is 0 Å². The smallest absolute Gasteiger partial charge is 0.328 e. The van der Waals surface area contributed by atoms with Gasteiger partial charge in [0.2, 0.25) is 0 Å². The zero-order chi connectivity index (χ0) is 8.10. The zero-order valence-electron chi connectivity index (χ0n) is 5.90. The molecular formula is C9H8O2. The topological polar surface area (TPSA) is 37.3 Å². The number of carboxylic acids is 1. The molecular weight excluding hydrogens is 140 g/mol. The summed E-state index contributed by atoms with van der Waals surface area (Å²) >= 11 is 0. The molecule has 1 aromatic rings. The van der Waals surface area contributed by atoms with Crippen LogP contribution in [0.2, 0.25) is 0 Å². The van der Waals surface area contributed by atoms with Crippen LogP contribution in [0.15, 0.2) is 36.4 Å². The lowest BCUT2D eigenvalue weighted by Crippen LogP contribution is -1.85. The van der Waals surface area contributed by atoms with Crippen LogP contribution >= 0.6 is 0 Å². The summed E-state index contributed by atoms with van der Waals surface area (Å²) in [5, 5.41) is 8.29. The van der Waals surface area contributed by atoms with Gasteiger partial charge < -0.3 is 5.11 Å². The Morgan fingerprint density at radius 2 is 1.91 bits per heavy atom. The number of rotatable bonds is 2. The Labute approximate surface area is 64.8 Å². The molecule has 0 heterocycles. The van der Waals surface area contributed by atoms with E-state index in [9.17, 15) is 4.79 Å². The molecule has 0 spiro atoms. The summed E-state index contributed by atoms with van der Waals surface area (Å²) < 4.78 is 0. The molecule has 0 aliphatic heterocycles. The summed E-state index contributed by atoms with van der Waals surface area (Å²) in [6.45, 7) is 0. The Kier molecular flexibility index (Phi) is 2.44. The van der Waals surface area contributed by atoms with E-state index < -0.39 is 5.97 Å². The van der Waals surface area contributed by atoms with Gasteiger partial charge in [-0.3, -0.25) is 0 Å². The predicted octanol–water partition coefficient (Wildman–Crippen LogP) is 1.78. The molecule has 0 fully saturated rings. The van der Waals surface area contributed by atoms with E-state index in [0.29, 0.717) is 0 Å². The maximum atomic E-state index is 10.1. The number of hydrogen-bond acceptors (Lipinski definition) is 1. The van der Waals surface area contributed by atoms with Crippen LogP contribution in [0.3, 0.4) is 0 Å². The molecule has 0 atom stereocenters. The second-order valence-electron chi connectivity index (χ2n) is 2.08. The minimum atomic E-state index is -0.922. The van der Waals surface area contributed by atoms with Gasteiger partial charge in [0.25, 0.3) is 0 Å². The monoisotopic (exact) mass is 148 g/mol. The van der Waals surface area contributed by atoms with Crippen LogP contribution in [0.1, 0.15) is 5.56 Å². The Morgan fingerprint density at radius 3 is 2.45 bits per heavy atom. The van der Waals surface area contributed by atoms with Gasteiger partial charge in [-0.25, -0.2) is 4.79 Å². The molecule has 1 aromatic carbocycles. The normalized spacial score (nSPS) is 10.2. The van der Waals surface area contributed by atoms with Crippen LogP contribution in [-0.2, 0) is 4.79 Å². The molecule has 1 rings (SSSR count). The summed E-state index contributed by atoms with van der Waals surface area (Å²) in [5.41, 5.74) is 0.898. The van der Waals surface area contributed by atoms with Crippen LogP contribution in [0.4, 0.5) is 0 Å². The molecule has 0 saturated carbocycles. The van der Waals surface area contributed by atoms with Crippen LogP contribution in [0, 0.1) is 0 Å². The quantitative estimate of drug-likeness (QED) is 0.649. The summed E-state index contributed by atoms with van der Waals surface area (Å²) in [6.07, 6.45) is 2.68. The van der Waals surface area contributed by atoms with E-state index in [1.807, 2.05) is 30.3 Å². The number of carbonyl (C=O) groups is 1. The zero-order valence-corrected chi connectivity index (χ0v) is 5.90. The van der Waals surface area contributed by atoms with Crippen molar-refractivity contribution in [2.24, 2.45) is 0 Å². The van der Waals surface area contributed by atoms with Gasteiger partial charge in [-0.1, -0.05) is 30.3 Å². The van der Waals surface area contributed by atoms with Crippen LogP contribution in [-0.4, -0.2) is 11.1 Å².